The first kappa shape index (κ1) is 10.0. The molecule has 0 saturated heterocycles. The highest BCUT2D eigenvalue weighted by molar-refractivity contribution is 5.40. The van der Waals surface area contributed by atoms with Gasteiger partial charge in [-0.25, -0.2) is 0 Å². The Hall–Kier alpha value is -1.06. The van der Waals surface area contributed by atoms with E-state index in [-0.39, 0.29) is 12.6 Å². The van der Waals surface area contributed by atoms with Crippen molar-refractivity contribution in [3.63, 3.8) is 0 Å². The van der Waals surface area contributed by atoms with Gasteiger partial charge in [-0.05, 0) is 31.8 Å². The van der Waals surface area contributed by atoms with Gasteiger partial charge in [-0.15, -0.1) is 0 Å². The molecule has 0 radical (unpaired) electrons. The average molecular weight is 180 g/mol. The van der Waals surface area contributed by atoms with Crippen LogP contribution in [0.15, 0.2) is 24.3 Å². The van der Waals surface area contributed by atoms with Gasteiger partial charge < -0.3 is 15.7 Å². The molecule has 0 aliphatic heterocycles. The molecule has 1 unspecified atom stereocenters. The largest absolute Gasteiger partial charge is 0.399 e. The summed E-state index contributed by atoms with van der Waals surface area (Å²) >= 11 is 0. The molecule has 0 amide bonds. The number of likely N-dealkylation sites (N-methyl/N-ethyl adjacent to an activating group) is 1. The van der Waals surface area contributed by atoms with Crippen molar-refractivity contribution in [3.8, 4) is 0 Å². The fourth-order valence-electron chi connectivity index (χ4n) is 1.29. The number of nitrogen functional groups attached to an aromatic ring is 1. The smallest absolute Gasteiger partial charge is 0.0628 e. The molecule has 0 aliphatic rings. The summed E-state index contributed by atoms with van der Waals surface area (Å²) in [6.45, 7) is 0.122. The number of aliphatic hydroxyl groups excluding tert-OH is 1. The van der Waals surface area contributed by atoms with Gasteiger partial charge in [0.25, 0.3) is 0 Å². The van der Waals surface area contributed by atoms with Crippen molar-refractivity contribution >= 4 is 5.69 Å². The summed E-state index contributed by atoms with van der Waals surface area (Å²) in [6.07, 6.45) is 0. The fourth-order valence-corrected chi connectivity index (χ4v) is 1.29. The minimum absolute atomic E-state index is 0.0561. The highest BCUT2D eigenvalue weighted by Gasteiger charge is 2.11. The number of rotatable bonds is 3. The zero-order valence-corrected chi connectivity index (χ0v) is 8.07. The van der Waals surface area contributed by atoms with Crippen LogP contribution >= 0.6 is 0 Å². The quantitative estimate of drug-likeness (QED) is 0.678. The molecule has 0 spiro atoms. The van der Waals surface area contributed by atoms with Gasteiger partial charge in [0.2, 0.25) is 0 Å². The molecule has 3 nitrogen and oxygen atoms in total. The number of hydrogen-bond donors (Lipinski definition) is 2. The van der Waals surface area contributed by atoms with Crippen LogP contribution in [0.2, 0.25) is 0 Å². The summed E-state index contributed by atoms with van der Waals surface area (Å²) in [5.41, 5.74) is 7.40. The van der Waals surface area contributed by atoms with E-state index in [4.69, 9.17) is 10.8 Å². The summed E-state index contributed by atoms with van der Waals surface area (Å²) in [5.74, 6) is 0. The molecule has 1 aromatic carbocycles. The van der Waals surface area contributed by atoms with Crippen LogP contribution in [-0.4, -0.2) is 30.7 Å². The predicted molar refractivity (Wildman–Crippen MR) is 54.4 cm³/mol. The monoisotopic (exact) mass is 180 g/mol. The van der Waals surface area contributed by atoms with Crippen molar-refractivity contribution in [2.75, 3.05) is 26.4 Å². The van der Waals surface area contributed by atoms with Crippen LogP contribution in [0.1, 0.15) is 11.6 Å². The van der Waals surface area contributed by atoms with Gasteiger partial charge in [0.1, 0.15) is 0 Å². The van der Waals surface area contributed by atoms with E-state index in [0.29, 0.717) is 0 Å². The first-order chi connectivity index (χ1) is 6.15. The molecule has 0 heterocycles. The molecule has 0 bridgehead atoms. The van der Waals surface area contributed by atoms with Crippen LogP contribution in [0.4, 0.5) is 5.69 Å². The normalized spacial score (nSPS) is 13.2. The third kappa shape index (κ3) is 2.44. The molecule has 1 rings (SSSR count). The van der Waals surface area contributed by atoms with Gasteiger partial charge in [-0.1, -0.05) is 12.1 Å². The maximum absolute atomic E-state index is 9.15. The van der Waals surface area contributed by atoms with Crippen LogP contribution in [-0.2, 0) is 0 Å². The minimum Gasteiger partial charge on any atom is -0.399 e. The summed E-state index contributed by atoms with van der Waals surface area (Å²) in [7, 11) is 3.88. The lowest BCUT2D eigenvalue weighted by Gasteiger charge is -2.22. The third-order valence-corrected chi connectivity index (χ3v) is 2.12. The lowest BCUT2D eigenvalue weighted by molar-refractivity contribution is 0.171. The molecular formula is C10H16N2O. The Morgan fingerprint density at radius 2 is 1.85 bits per heavy atom. The highest BCUT2D eigenvalue weighted by atomic mass is 16.3. The van der Waals surface area contributed by atoms with E-state index in [1.165, 1.54) is 0 Å². The Labute approximate surface area is 78.8 Å². The number of nitrogens with zero attached hydrogens (tertiary/aromatic N) is 1. The second kappa shape index (κ2) is 4.25. The summed E-state index contributed by atoms with van der Waals surface area (Å²) in [6, 6.07) is 7.63. The Kier molecular flexibility index (Phi) is 3.28. The van der Waals surface area contributed by atoms with E-state index >= 15 is 0 Å². The van der Waals surface area contributed by atoms with Crippen LogP contribution in [0, 0.1) is 0 Å². The van der Waals surface area contributed by atoms with Gasteiger partial charge in [0, 0.05) is 5.69 Å². The van der Waals surface area contributed by atoms with Crippen LogP contribution < -0.4 is 5.73 Å². The summed E-state index contributed by atoms with van der Waals surface area (Å²) in [5, 5.41) is 9.15. The van der Waals surface area contributed by atoms with E-state index in [9.17, 15) is 0 Å². The second-order valence-electron chi connectivity index (χ2n) is 3.33. The molecule has 0 fully saturated rings. The van der Waals surface area contributed by atoms with Crippen molar-refractivity contribution < 1.29 is 5.11 Å². The Morgan fingerprint density at radius 1 is 1.31 bits per heavy atom. The van der Waals surface area contributed by atoms with E-state index in [1.807, 2.05) is 43.3 Å². The molecule has 1 aromatic rings. The van der Waals surface area contributed by atoms with Gasteiger partial charge in [-0.3, -0.25) is 0 Å². The zero-order valence-electron chi connectivity index (χ0n) is 8.07. The zero-order chi connectivity index (χ0) is 9.84. The van der Waals surface area contributed by atoms with Crippen LogP contribution in [0.5, 0.6) is 0 Å². The Morgan fingerprint density at radius 3 is 2.23 bits per heavy atom. The molecule has 0 aliphatic carbocycles. The highest BCUT2D eigenvalue weighted by Crippen LogP contribution is 2.18. The standard InChI is InChI=1S/C10H16N2O/c1-12(2)10(7-13)8-3-5-9(11)6-4-8/h3-6,10,13H,7,11H2,1-2H3. The molecule has 1 atom stereocenters. The number of nitrogens with two attached hydrogens (primary N) is 1. The van der Waals surface area contributed by atoms with Gasteiger partial charge >= 0.3 is 0 Å². The maximum Gasteiger partial charge on any atom is 0.0628 e. The van der Waals surface area contributed by atoms with Crippen molar-refractivity contribution in [1.29, 1.82) is 0 Å². The summed E-state index contributed by atoms with van der Waals surface area (Å²) in [4.78, 5) is 1.98. The Balaban J connectivity index is 2.86. The number of benzene rings is 1. The van der Waals surface area contributed by atoms with Gasteiger partial charge in [0.05, 0.1) is 12.6 Å². The molecule has 0 saturated carbocycles. The molecule has 3 heteroatoms. The number of anilines is 1. The molecule has 0 aromatic heterocycles. The van der Waals surface area contributed by atoms with Crippen LogP contribution in [0.3, 0.4) is 0 Å². The molecule has 3 N–H and O–H groups in total. The van der Waals surface area contributed by atoms with Gasteiger partial charge in [0.15, 0.2) is 0 Å². The first-order valence-corrected chi connectivity index (χ1v) is 4.28. The summed E-state index contributed by atoms with van der Waals surface area (Å²) < 4.78 is 0. The van der Waals surface area contributed by atoms with Crippen molar-refractivity contribution in [3.05, 3.63) is 29.8 Å². The first-order valence-electron chi connectivity index (χ1n) is 4.28. The van der Waals surface area contributed by atoms with Gasteiger partial charge in [-0.2, -0.15) is 0 Å². The fraction of sp³-hybridized carbons (Fsp3) is 0.400. The van der Waals surface area contributed by atoms with E-state index in [1.54, 1.807) is 0 Å². The van der Waals surface area contributed by atoms with Crippen molar-refractivity contribution in [2.45, 2.75) is 6.04 Å². The van der Waals surface area contributed by atoms with Crippen LogP contribution in [0.25, 0.3) is 0 Å². The average Bonchev–Trinajstić information content (AvgIpc) is 2.09. The SMILES string of the molecule is CN(C)C(CO)c1ccc(N)cc1. The number of aliphatic hydroxyl groups is 1. The lowest BCUT2D eigenvalue weighted by Crippen LogP contribution is -2.22. The molecule has 72 valence electrons. The predicted octanol–water partition coefficient (Wildman–Crippen LogP) is 0.864. The second-order valence-corrected chi connectivity index (χ2v) is 3.33. The van der Waals surface area contributed by atoms with E-state index in [0.717, 1.165) is 11.3 Å². The Bertz CT molecular complexity index is 256. The maximum atomic E-state index is 9.15. The topological polar surface area (TPSA) is 49.5 Å². The number of hydrogen-bond acceptors (Lipinski definition) is 3. The molecular weight excluding hydrogens is 164 g/mol. The lowest BCUT2D eigenvalue weighted by atomic mass is 10.1. The molecule has 13 heavy (non-hydrogen) atoms. The van der Waals surface area contributed by atoms with Crippen molar-refractivity contribution in [1.82, 2.24) is 4.90 Å². The minimum atomic E-state index is 0.0561. The van der Waals surface area contributed by atoms with Crippen molar-refractivity contribution in [2.24, 2.45) is 0 Å². The van der Waals surface area contributed by atoms with E-state index in [2.05, 4.69) is 0 Å². The third-order valence-electron chi connectivity index (χ3n) is 2.12. The van der Waals surface area contributed by atoms with E-state index < -0.39 is 0 Å².